The summed E-state index contributed by atoms with van der Waals surface area (Å²) in [7, 11) is -4.27. The van der Waals surface area contributed by atoms with E-state index < -0.39 is 28.5 Å². The van der Waals surface area contributed by atoms with Gasteiger partial charge in [0.1, 0.15) is 18.3 Å². The lowest BCUT2D eigenvalue weighted by atomic mass is 10.0. The Hall–Kier alpha value is -4.05. The molecule has 0 aromatic heterocycles. The Kier molecular flexibility index (Phi) is 12.7. The summed E-state index contributed by atoms with van der Waals surface area (Å²) in [5.74, 6) is -0.384. The van der Waals surface area contributed by atoms with E-state index in [0.717, 1.165) is 9.87 Å². The van der Waals surface area contributed by atoms with Crippen LogP contribution in [0.5, 0.6) is 5.75 Å². The predicted octanol–water partition coefficient (Wildman–Crippen LogP) is 7.14. The van der Waals surface area contributed by atoms with Crippen LogP contribution in [0, 0.1) is 0 Å². The van der Waals surface area contributed by atoms with Crippen molar-refractivity contribution >= 4 is 50.7 Å². The quantitative estimate of drug-likeness (QED) is 0.143. The van der Waals surface area contributed by atoms with Crippen LogP contribution < -0.4 is 14.4 Å². The second-order valence-electron chi connectivity index (χ2n) is 11.0. The molecule has 0 aliphatic heterocycles. The molecule has 0 radical (unpaired) electrons. The molecule has 47 heavy (non-hydrogen) atoms. The van der Waals surface area contributed by atoms with Crippen molar-refractivity contribution in [3.05, 3.63) is 124 Å². The first-order valence-electron chi connectivity index (χ1n) is 15.4. The van der Waals surface area contributed by atoms with Crippen LogP contribution in [-0.2, 0) is 32.6 Å². The number of halogens is 2. The van der Waals surface area contributed by atoms with Gasteiger partial charge in [-0.25, -0.2) is 8.42 Å². The summed E-state index contributed by atoms with van der Waals surface area (Å²) in [4.78, 5) is 29.9. The largest absolute Gasteiger partial charge is 0.494 e. The molecule has 0 fully saturated rings. The first-order valence-corrected chi connectivity index (χ1v) is 17.6. The van der Waals surface area contributed by atoms with Gasteiger partial charge in [0.15, 0.2) is 0 Å². The van der Waals surface area contributed by atoms with Crippen molar-refractivity contribution in [1.82, 2.24) is 10.2 Å². The molecule has 0 heterocycles. The van der Waals surface area contributed by atoms with Crippen molar-refractivity contribution < 1.29 is 22.7 Å². The van der Waals surface area contributed by atoms with Gasteiger partial charge in [-0.2, -0.15) is 0 Å². The zero-order valence-corrected chi connectivity index (χ0v) is 28.9. The number of rotatable bonds is 15. The number of ether oxygens (including phenoxy) is 1. The number of amides is 2. The van der Waals surface area contributed by atoms with Crippen LogP contribution >= 0.6 is 23.2 Å². The van der Waals surface area contributed by atoms with Crippen molar-refractivity contribution in [2.24, 2.45) is 0 Å². The fraction of sp³-hybridized carbons (Fsp3) is 0.278. The van der Waals surface area contributed by atoms with E-state index in [0.29, 0.717) is 34.4 Å². The second-order valence-corrected chi connectivity index (χ2v) is 13.7. The topological polar surface area (TPSA) is 96.0 Å². The zero-order valence-electron chi connectivity index (χ0n) is 26.6. The summed E-state index contributed by atoms with van der Waals surface area (Å²) in [5.41, 5.74) is 1.70. The number of sulfonamides is 1. The summed E-state index contributed by atoms with van der Waals surface area (Å²) in [6, 6.07) is 27.5. The lowest BCUT2D eigenvalue weighted by Crippen LogP contribution is -2.54. The molecule has 0 aliphatic rings. The third-order valence-corrected chi connectivity index (χ3v) is 10.1. The van der Waals surface area contributed by atoms with Gasteiger partial charge in [0.05, 0.1) is 17.2 Å². The van der Waals surface area contributed by atoms with E-state index >= 15 is 0 Å². The summed E-state index contributed by atoms with van der Waals surface area (Å²) in [6.07, 6.45) is 0.888. The van der Waals surface area contributed by atoms with E-state index in [1.54, 1.807) is 48.5 Å². The van der Waals surface area contributed by atoms with Crippen LogP contribution in [0.4, 0.5) is 5.69 Å². The molecule has 4 rings (SSSR count). The van der Waals surface area contributed by atoms with Crippen molar-refractivity contribution in [3.63, 3.8) is 0 Å². The Morgan fingerprint density at radius 3 is 2.11 bits per heavy atom. The SMILES string of the molecule is CCOc1ccc(N(CC(=O)N(Cc2ccccc2Cl)[C@@H](Cc2ccccc2)C(=O)N[C@H](C)CC)S(=O)(=O)c2ccc(Cl)cc2)cc1. The third kappa shape index (κ3) is 9.50. The minimum atomic E-state index is -4.27. The Morgan fingerprint density at radius 2 is 1.49 bits per heavy atom. The van der Waals surface area contributed by atoms with Crippen molar-refractivity contribution in [3.8, 4) is 5.75 Å². The van der Waals surface area contributed by atoms with Crippen LogP contribution in [0.25, 0.3) is 0 Å². The van der Waals surface area contributed by atoms with E-state index in [-0.39, 0.29) is 35.5 Å². The lowest BCUT2D eigenvalue weighted by Gasteiger charge is -2.34. The highest BCUT2D eigenvalue weighted by Crippen LogP contribution is 2.28. The number of hydrogen-bond acceptors (Lipinski definition) is 5. The molecule has 4 aromatic rings. The maximum absolute atomic E-state index is 14.6. The molecule has 0 unspecified atom stereocenters. The summed E-state index contributed by atoms with van der Waals surface area (Å²) < 4.78 is 35.0. The van der Waals surface area contributed by atoms with Crippen LogP contribution in [0.1, 0.15) is 38.3 Å². The number of nitrogens with one attached hydrogen (secondary N) is 1. The highest BCUT2D eigenvalue weighted by molar-refractivity contribution is 7.92. The van der Waals surface area contributed by atoms with Crippen LogP contribution in [0.3, 0.4) is 0 Å². The molecule has 4 aromatic carbocycles. The minimum Gasteiger partial charge on any atom is -0.494 e. The molecule has 1 N–H and O–H groups in total. The standard InChI is InChI=1S/C36H39Cl2N3O5S/c1-4-26(3)39-36(43)34(23-27-11-7-6-8-12-27)40(24-28-13-9-10-14-33(28)38)35(42)25-41(30-17-19-31(20-18-30)46-5-2)47(44,45)32-21-15-29(37)16-22-32/h6-22,26,34H,4-5,23-25H2,1-3H3,(H,39,43)/t26-,34+/m1/s1. The number of carbonyl (C=O) groups is 2. The molecule has 0 bridgehead atoms. The van der Waals surface area contributed by atoms with Crippen LogP contribution in [-0.4, -0.2) is 50.4 Å². The lowest BCUT2D eigenvalue weighted by molar-refractivity contribution is -0.140. The van der Waals surface area contributed by atoms with E-state index in [2.05, 4.69) is 5.32 Å². The van der Waals surface area contributed by atoms with Gasteiger partial charge in [0.25, 0.3) is 10.0 Å². The summed E-state index contributed by atoms with van der Waals surface area (Å²) in [5, 5.41) is 3.82. The average molecular weight is 697 g/mol. The highest BCUT2D eigenvalue weighted by Gasteiger charge is 2.35. The van der Waals surface area contributed by atoms with Gasteiger partial charge in [-0.3, -0.25) is 13.9 Å². The zero-order chi connectivity index (χ0) is 34.0. The van der Waals surface area contributed by atoms with E-state index in [1.807, 2.05) is 51.1 Å². The van der Waals surface area contributed by atoms with Crippen LogP contribution in [0.15, 0.2) is 108 Å². The Labute approximate surface area is 287 Å². The summed E-state index contributed by atoms with van der Waals surface area (Å²) in [6.45, 7) is 5.52. The molecule has 2 amide bonds. The minimum absolute atomic E-state index is 0.0258. The van der Waals surface area contributed by atoms with Crippen LogP contribution in [0.2, 0.25) is 10.0 Å². The third-order valence-electron chi connectivity index (χ3n) is 7.69. The van der Waals surface area contributed by atoms with Gasteiger partial charge < -0.3 is 15.0 Å². The fourth-order valence-corrected chi connectivity index (χ4v) is 6.68. The second kappa shape index (κ2) is 16.7. The number of carbonyl (C=O) groups excluding carboxylic acids is 2. The van der Waals surface area contributed by atoms with E-state index in [9.17, 15) is 18.0 Å². The normalized spacial score (nSPS) is 12.5. The van der Waals surface area contributed by atoms with Gasteiger partial charge in [-0.05, 0) is 86.0 Å². The predicted molar refractivity (Wildman–Crippen MR) is 187 cm³/mol. The number of benzene rings is 4. The molecule has 0 saturated carbocycles. The van der Waals surface area contributed by atoms with Gasteiger partial charge >= 0.3 is 0 Å². The molecular formula is C36H39Cl2N3O5S. The fourth-order valence-electron chi connectivity index (χ4n) is 4.94. The molecule has 248 valence electrons. The maximum atomic E-state index is 14.6. The molecule has 0 saturated heterocycles. The first-order chi connectivity index (χ1) is 22.5. The number of hydrogen-bond donors (Lipinski definition) is 1. The number of nitrogens with zero attached hydrogens (tertiary/aromatic N) is 2. The molecule has 11 heteroatoms. The van der Waals surface area contributed by atoms with Crippen molar-refractivity contribution in [2.75, 3.05) is 17.5 Å². The number of anilines is 1. The molecule has 2 atom stereocenters. The first kappa shape index (κ1) is 35.8. The highest BCUT2D eigenvalue weighted by atomic mass is 35.5. The summed E-state index contributed by atoms with van der Waals surface area (Å²) >= 11 is 12.6. The van der Waals surface area contributed by atoms with Crippen molar-refractivity contribution in [1.29, 1.82) is 0 Å². The molecule has 0 aliphatic carbocycles. The average Bonchev–Trinajstić information content (AvgIpc) is 3.07. The maximum Gasteiger partial charge on any atom is 0.264 e. The van der Waals surface area contributed by atoms with Crippen molar-refractivity contribution in [2.45, 2.75) is 57.1 Å². The Morgan fingerprint density at radius 1 is 0.851 bits per heavy atom. The van der Waals surface area contributed by atoms with Gasteiger partial charge in [0.2, 0.25) is 11.8 Å². The van der Waals surface area contributed by atoms with E-state index in [1.165, 1.54) is 29.2 Å². The molecule has 0 spiro atoms. The monoisotopic (exact) mass is 695 g/mol. The Balaban J connectivity index is 1.81. The van der Waals surface area contributed by atoms with Gasteiger partial charge in [-0.1, -0.05) is 78.7 Å². The molecular weight excluding hydrogens is 657 g/mol. The van der Waals surface area contributed by atoms with E-state index in [4.69, 9.17) is 27.9 Å². The smallest absolute Gasteiger partial charge is 0.264 e. The van der Waals surface area contributed by atoms with Gasteiger partial charge in [0, 0.05) is 29.1 Å². The molecule has 8 nitrogen and oxygen atoms in total. The van der Waals surface area contributed by atoms with Gasteiger partial charge in [-0.15, -0.1) is 0 Å². The Bertz CT molecular complexity index is 1740.